The zero-order valence-corrected chi connectivity index (χ0v) is 9.88. The first kappa shape index (κ1) is 14.1. The van der Waals surface area contributed by atoms with Crippen LogP contribution < -0.4 is 5.32 Å². The number of amides is 2. The van der Waals surface area contributed by atoms with Crippen LogP contribution in [0.15, 0.2) is 0 Å². The standard InChI is InChI=1S/C10H17F3N2O2/c1-3-8-5-17-7(2)4-15(8)9(16)14-6-10(11,12)13/h7-8H,3-6H2,1-2H3,(H,14,16). The Morgan fingerprint density at radius 2 is 2.18 bits per heavy atom. The highest BCUT2D eigenvalue weighted by Crippen LogP contribution is 2.16. The van der Waals surface area contributed by atoms with Crippen molar-refractivity contribution in [2.45, 2.75) is 38.6 Å². The lowest BCUT2D eigenvalue weighted by Crippen LogP contribution is -2.55. The Hall–Kier alpha value is -0.980. The molecule has 1 aliphatic rings. The van der Waals surface area contributed by atoms with Gasteiger partial charge in [0, 0.05) is 6.54 Å². The van der Waals surface area contributed by atoms with Crippen LogP contribution in [0, 0.1) is 0 Å². The van der Waals surface area contributed by atoms with Gasteiger partial charge in [0.2, 0.25) is 0 Å². The van der Waals surface area contributed by atoms with E-state index in [1.807, 2.05) is 12.2 Å². The van der Waals surface area contributed by atoms with Gasteiger partial charge in [-0.3, -0.25) is 0 Å². The van der Waals surface area contributed by atoms with Crippen LogP contribution in [0.25, 0.3) is 0 Å². The average molecular weight is 254 g/mol. The van der Waals surface area contributed by atoms with Crippen molar-refractivity contribution < 1.29 is 22.7 Å². The molecular weight excluding hydrogens is 237 g/mol. The van der Waals surface area contributed by atoms with Crippen LogP contribution in [0.1, 0.15) is 20.3 Å². The molecule has 1 aliphatic heterocycles. The van der Waals surface area contributed by atoms with Gasteiger partial charge in [-0.2, -0.15) is 13.2 Å². The summed E-state index contributed by atoms with van der Waals surface area (Å²) in [6, 6.07) is -0.830. The van der Waals surface area contributed by atoms with E-state index in [-0.39, 0.29) is 12.1 Å². The van der Waals surface area contributed by atoms with Crippen LogP contribution in [0.4, 0.5) is 18.0 Å². The average Bonchev–Trinajstić information content (AvgIpc) is 2.25. The number of nitrogens with one attached hydrogen (secondary N) is 1. The second-order valence-electron chi connectivity index (χ2n) is 4.13. The molecule has 100 valence electrons. The molecule has 7 heteroatoms. The van der Waals surface area contributed by atoms with Gasteiger partial charge in [0.25, 0.3) is 0 Å². The minimum atomic E-state index is -4.38. The van der Waals surface area contributed by atoms with Gasteiger partial charge in [-0.05, 0) is 13.3 Å². The Kier molecular flexibility index (Phi) is 4.62. The Morgan fingerprint density at radius 1 is 1.53 bits per heavy atom. The van der Waals surface area contributed by atoms with E-state index >= 15 is 0 Å². The number of carbonyl (C=O) groups is 1. The second kappa shape index (κ2) is 5.57. The Labute approximate surface area is 98.1 Å². The number of hydrogen-bond donors (Lipinski definition) is 1. The van der Waals surface area contributed by atoms with Crippen LogP contribution in [-0.2, 0) is 4.74 Å². The topological polar surface area (TPSA) is 41.6 Å². The lowest BCUT2D eigenvalue weighted by molar-refractivity contribution is -0.123. The fraction of sp³-hybridized carbons (Fsp3) is 0.900. The van der Waals surface area contributed by atoms with E-state index in [1.54, 1.807) is 6.92 Å². The molecule has 0 spiro atoms. The molecule has 2 atom stereocenters. The van der Waals surface area contributed by atoms with Gasteiger partial charge >= 0.3 is 12.2 Å². The summed E-state index contributed by atoms with van der Waals surface area (Å²) < 4.78 is 41.3. The van der Waals surface area contributed by atoms with E-state index < -0.39 is 18.8 Å². The first-order valence-electron chi connectivity index (χ1n) is 5.56. The molecule has 2 unspecified atom stereocenters. The summed E-state index contributed by atoms with van der Waals surface area (Å²) in [5.41, 5.74) is 0. The molecule has 1 saturated heterocycles. The zero-order chi connectivity index (χ0) is 13.1. The van der Waals surface area contributed by atoms with Gasteiger partial charge in [-0.1, -0.05) is 6.92 Å². The van der Waals surface area contributed by atoms with E-state index in [2.05, 4.69) is 0 Å². The molecular formula is C10H17F3N2O2. The van der Waals surface area contributed by atoms with Crippen molar-refractivity contribution in [1.82, 2.24) is 10.2 Å². The smallest absolute Gasteiger partial charge is 0.375 e. The first-order chi connectivity index (χ1) is 7.83. The minimum absolute atomic E-state index is 0.144. The molecule has 0 radical (unpaired) electrons. The summed E-state index contributed by atoms with van der Waals surface area (Å²) >= 11 is 0. The van der Waals surface area contributed by atoms with Crippen molar-refractivity contribution in [3.8, 4) is 0 Å². The maximum absolute atomic E-state index is 12.0. The van der Waals surface area contributed by atoms with Crippen LogP contribution in [0.3, 0.4) is 0 Å². The quantitative estimate of drug-likeness (QED) is 0.815. The van der Waals surface area contributed by atoms with Crippen molar-refractivity contribution in [1.29, 1.82) is 0 Å². The summed E-state index contributed by atoms with van der Waals surface area (Å²) in [6.45, 7) is 3.05. The minimum Gasteiger partial charge on any atom is -0.375 e. The van der Waals surface area contributed by atoms with Crippen molar-refractivity contribution in [3.05, 3.63) is 0 Å². The van der Waals surface area contributed by atoms with Crippen LogP contribution in [-0.4, -0.2) is 48.9 Å². The number of alkyl halides is 3. The number of urea groups is 1. The third-order valence-corrected chi connectivity index (χ3v) is 2.64. The van der Waals surface area contributed by atoms with Crippen molar-refractivity contribution in [2.75, 3.05) is 19.7 Å². The number of carbonyl (C=O) groups excluding carboxylic acids is 1. The highest BCUT2D eigenvalue weighted by molar-refractivity contribution is 5.74. The predicted molar refractivity (Wildman–Crippen MR) is 55.7 cm³/mol. The molecule has 4 nitrogen and oxygen atoms in total. The number of ether oxygens (including phenoxy) is 1. The van der Waals surface area contributed by atoms with Gasteiger partial charge in [-0.25, -0.2) is 4.79 Å². The largest absolute Gasteiger partial charge is 0.405 e. The summed E-state index contributed by atoms with van der Waals surface area (Å²) in [6.07, 6.45) is -3.86. The van der Waals surface area contributed by atoms with Crippen LogP contribution >= 0.6 is 0 Å². The predicted octanol–water partition coefficient (Wildman–Crippen LogP) is 1.76. The van der Waals surface area contributed by atoms with Gasteiger partial charge in [0.15, 0.2) is 0 Å². The number of rotatable bonds is 2. The zero-order valence-electron chi connectivity index (χ0n) is 9.88. The normalized spacial score (nSPS) is 25.8. The lowest BCUT2D eigenvalue weighted by Gasteiger charge is -2.38. The molecule has 0 aromatic heterocycles. The monoisotopic (exact) mass is 254 g/mol. The molecule has 17 heavy (non-hydrogen) atoms. The summed E-state index contributed by atoms with van der Waals surface area (Å²) in [4.78, 5) is 13.0. The van der Waals surface area contributed by atoms with Gasteiger partial charge in [0.05, 0.1) is 18.8 Å². The number of nitrogens with zero attached hydrogens (tertiary/aromatic N) is 1. The fourth-order valence-electron chi connectivity index (χ4n) is 1.71. The molecule has 1 fully saturated rings. The maximum Gasteiger partial charge on any atom is 0.405 e. The number of hydrogen-bond acceptors (Lipinski definition) is 2. The fourth-order valence-corrected chi connectivity index (χ4v) is 1.71. The first-order valence-corrected chi connectivity index (χ1v) is 5.56. The summed E-state index contributed by atoms with van der Waals surface area (Å²) in [5, 5.41) is 1.88. The molecule has 1 heterocycles. The third kappa shape index (κ3) is 4.41. The Balaban J connectivity index is 2.53. The Morgan fingerprint density at radius 3 is 2.71 bits per heavy atom. The van der Waals surface area contributed by atoms with Crippen molar-refractivity contribution >= 4 is 6.03 Å². The molecule has 0 aromatic rings. The summed E-state index contributed by atoms with van der Waals surface area (Å²) in [5.74, 6) is 0. The SMILES string of the molecule is CCC1COC(C)CN1C(=O)NCC(F)(F)F. The van der Waals surface area contributed by atoms with Crippen LogP contribution in [0.2, 0.25) is 0 Å². The molecule has 1 N–H and O–H groups in total. The lowest BCUT2D eigenvalue weighted by atomic mass is 10.1. The molecule has 2 amide bonds. The van der Waals surface area contributed by atoms with Gasteiger partial charge < -0.3 is 15.0 Å². The van der Waals surface area contributed by atoms with E-state index in [1.165, 1.54) is 4.90 Å². The molecule has 1 rings (SSSR count). The highest BCUT2D eigenvalue weighted by atomic mass is 19.4. The molecule has 0 bridgehead atoms. The Bertz CT molecular complexity index is 271. The van der Waals surface area contributed by atoms with Crippen molar-refractivity contribution in [2.24, 2.45) is 0 Å². The van der Waals surface area contributed by atoms with Gasteiger partial charge in [0.1, 0.15) is 6.54 Å². The number of morpholine rings is 1. The molecule has 0 aromatic carbocycles. The van der Waals surface area contributed by atoms with Crippen LogP contribution in [0.5, 0.6) is 0 Å². The van der Waals surface area contributed by atoms with Crippen molar-refractivity contribution in [3.63, 3.8) is 0 Å². The third-order valence-electron chi connectivity index (χ3n) is 2.64. The van der Waals surface area contributed by atoms with E-state index in [4.69, 9.17) is 4.74 Å². The second-order valence-corrected chi connectivity index (χ2v) is 4.13. The van der Waals surface area contributed by atoms with E-state index in [0.29, 0.717) is 19.6 Å². The number of halogens is 3. The molecule has 0 saturated carbocycles. The highest BCUT2D eigenvalue weighted by Gasteiger charge is 2.32. The van der Waals surface area contributed by atoms with E-state index in [9.17, 15) is 18.0 Å². The molecule has 0 aliphatic carbocycles. The van der Waals surface area contributed by atoms with Gasteiger partial charge in [-0.15, -0.1) is 0 Å². The summed E-state index contributed by atoms with van der Waals surface area (Å²) in [7, 11) is 0. The van der Waals surface area contributed by atoms with E-state index in [0.717, 1.165) is 0 Å². The maximum atomic E-state index is 12.0.